The van der Waals surface area contributed by atoms with Crippen molar-refractivity contribution in [3.63, 3.8) is 0 Å². The first kappa shape index (κ1) is 17.9. The van der Waals surface area contributed by atoms with E-state index in [0.29, 0.717) is 6.54 Å². The van der Waals surface area contributed by atoms with Crippen molar-refractivity contribution in [3.05, 3.63) is 47.5 Å². The van der Waals surface area contributed by atoms with Gasteiger partial charge in [-0.1, -0.05) is 31.2 Å². The van der Waals surface area contributed by atoms with E-state index < -0.39 is 0 Å². The zero-order valence-electron chi connectivity index (χ0n) is 14.8. The molecule has 0 saturated heterocycles. The van der Waals surface area contributed by atoms with E-state index in [1.54, 1.807) is 10.9 Å². The molecule has 0 spiro atoms. The Hall–Kier alpha value is -2.41. The molecule has 0 aliphatic carbocycles. The fraction of sp³-hybridized carbons (Fsp3) is 0.471. The van der Waals surface area contributed by atoms with E-state index in [4.69, 9.17) is 0 Å². The van der Waals surface area contributed by atoms with Crippen LogP contribution in [-0.4, -0.2) is 39.3 Å². The highest BCUT2D eigenvalue weighted by molar-refractivity contribution is 5.74. The molecule has 130 valence electrons. The maximum Gasteiger partial charge on any atom is 0.315 e. The summed E-state index contributed by atoms with van der Waals surface area (Å²) < 4.78 is 1.79. The number of carbonyl (C=O) groups is 1. The lowest BCUT2D eigenvalue weighted by Gasteiger charge is -2.15. The van der Waals surface area contributed by atoms with Crippen LogP contribution in [0.15, 0.2) is 30.6 Å². The summed E-state index contributed by atoms with van der Waals surface area (Å²) in [5.74, 6) is 0.717. The van der Waals surface area contributed by atoms with Gasteiger partial charge < -0.3 is 20.1 Å². The van der Waals surface area contributed by atoms with Crippen LogP contribution >= 0.6 is 0 Å². The third-order valence-electron chi connectivity index (χ3n) is 3.92. The minimum absolute atomic E-state index is 0.206. The van der Waals surface area contributed by atoms with Crippen LogP contribution in [0.3, 0.4) is 0 Å². The van der Waals surface area contributed by atoms with Crippen molar-refractivity contribution in [1.29, 1.82) is 0 Å². The molecule has 0 saturated carbocycles. The van der Waals surface area contributed by atoms with Gasteiger partial charge in [-0.25, -0.2) is 4.79 Å². The number of rotatable bonds is 7. The molecule has 0 fully saturated rings. The molecule has 2 amide bonds. The van der Waals surface area contributed by atoms with E-state index in [1.165, 1.54) is 5.56 Å². The Morgan fingerprint density at radius 3 is 2.79 bits per heavy atom. The highest BCUT2D eigenvalue weighted by Gasteiger charge is 2.13. The minimum Gasteiger partial charge on any atom is -0.334 e. The Morgan fingerprint density at radius 2 is 2.12 bits per heavy atom. The largest absolute Gasteiger partial charge is 0.334 e. The first-order valence-electron chi connectivity index (χ1n) is 8.14. The average Bonchev–Trinajstić information content (AvgIpc) is 2.99. The molecule has 7 heteroatoms. The van der Waals surface area contributed by atoms with Gasteiger partial charge in [-0.2, -0.15) is 0 Å². The lowest BCUT2D eigenvalue weighted by atomic mass is 10.1. The number of aromatic nitrogens is 3. The summed E-state index contributed by atoms with van der Waals surface area (Å²) in [6, 6.07) is 7.84. The number of hydrogen-bond donors (Lipinski definition) is 2. The van der Waals surface area contributed by atoms with Gasteiger partial charge in [-0.15, -0.1) is 10.2 Å². The molecule has 1 heterocycles. The van der Waals surface area contributed by atoms with Crippen LogP contribution in [0.1, 0.15) is 36.8 Å². The van der Waals surface area contributed by atoms with Gasteiger partial charge >= 0.3 is 6.03 Å². The van der Waals surface area contributed by atoms with Gasteiger partial charge in [0.15, 0.2) is 5.82 Å². The van der Waals surface area contributed by atoms with E-state index >= 15 is 0 Å². The Balaban J connectivity index is 1.85. The van der Waals surface area contributed by atoms with E-state index in [0.717, 1.165) is 24.5 Å². The molecule has 2 aromatic rings. The van der Waals surface area contributed by atoms with Crippen molar-refractivity contribution in [2.24, 2.45) is 7.05 Å². The Morgan fingerprint density at radius 1 is 1.38 bits per heavy atom. The lowest BCUT2D eigenvalue weighted by molar-refractivity contribution is 0.237. The van der Waals surface area contributed by atoms with Crippen molar-refractivity contribution >= 4 is 6.03 Å². The predicted molar refractivity (Wildman–Crippen MR) is 93.2 cm³/mol. The number of urea groups is 1. The molecule has 24 heavy (non-hydrogen) atoms. The number of amides is 2. The number of nitrogens with one attached hydrogen (secondary N) is 2. The maximum atomic E-state index is 12.1. The molecule has 2 rings (SSSR count). The first-order valence-corrected chi connectivity index (χ1v) is 8.14. The number of aryl methyl sites for hydroxylation is 1. The Bertz CT molecular complexity index is 669. The smallest absolute Gasteiger partial charge is 0.315 e. The van der Waals surface area contributed by atoms with Crippen LogP contribution in [0.25, 0.3) is 0 Å². The van der Waals surface area contributed by atoms with E-state index in [1.807, 2.05) is 26.1 Å². The normalized spacial score (nSPS) is 12.2. The van der Waals surface area contributed by atoms with Gasteiger partial charge in [0.1, 0.15) is 6.33 Å². The van der Waals surface area contributed by atoms with Crippen molar-refractivity contribution < 1.29 is 4.79 Å². The number of benzene rings is 1. The highest BCUT2D eigenvalue weighted by Crippen LogP contribution is 2.09. The van der Waals surface area contributed by atoms with Crippen molar-refractivity contribution in [3.8, 4) is 0 Å². The monoisotopic (exact) mass is 330 g/mol. The Kier molecular flexibility index (Phi) is 6.31. The summed E-state index contributed by atoms with van der Waals surface area (Å²) in [4.78, 5) is 14.3. The van der Waals surface area contributed by atoms with E-state index in [2.05, 4.69) is 51.8 Å². The number of carbonyl (C=O) groups excluding carboxylic acids is 1. The molecule has 7 nitrogen and oxygen atoms in total. The van der Waals surface area contributed by atoms with Crippen LogP contribution in [0, 0.1) is 0 Å². The molecule has 1 atom stereocenters. The molecule has 0 unspecified atom stereocenters. The molecule has 2 N–H and O–H groups in total. The van der Waals surface area contributed by atoms with Gasteiger partial charge in [-0.3, -0.25) is 0 Å². The molecule has 0 aliphatic rings. The third-order valence-corrected chi connectivity index (χ3v) is 3.92. The molecule has 0 radical (unpaired) electrons. The summed E-state index contributed by atoms with van der Waals surface area (Å²) in [5, 5.41) is 13.6. The number of hydrogen-bond acceptors (Lipinski definition) is 4. The van der Waals surface area contributed by atoms with E-state index in [9.17, 15) is 4.79 Å². The maximum absolute atomic E-state index is 12.1. The SMILES string of the molecule is CCN(C)Cc1cccc(CNC(=O)N[C@H](C)c2nncn2C)c1. The lowest BCUT2D eigenvalue weighted by Crippen LogP contribution is -2.37. The van der Waals surface area contributed by atoms with Crippen molar-refractivity contribution in [2.75, 3.05) is 13.6 Å². The van der Waals surface area contributed by atoms with Crippen molar-refractivity contribution in [1.82, 2.24) is 30.3 Å². The van der Waals surface area contributed by atoms with Gasteiger partial charge in [0, 0.05) is 20.1 Å². The van der Waals surface area contributed by atoms with Crippen molar-refractivity contribution in [2.45, 2.75) is 33.0 Å². The first-order chi connectivity index (χ1) is 11.5. The molecule has 1 aromatic carbocycles. The zero-order valence-corrected chi connectivity index (χ0v) is 14.8. The highest BCUT2D eigenvalue weighted by atomic mass is 16.2. The van der Waals surface area contributed by atoms with Crippen LogP contribution < -0.4 is 10.6 Å². The van der Waals surface area contributed by atoms with Gasteiger partial charge in [0.05, 0.1) is 6.04 Å². The van der Waals surface area contributed by atoms with Crippen LogP contribution in [0.5, 0.6) is 0 Å². The van der Waals surface area contributed by atoms with Gasteiger partial charge in [0.25, 0.3) is 0 Å². The second-order valence-electron chi connectivity index (χ2n) is 6.00. The summed E-state index contributed by atoms with van der Waals surface area (Å²) in [6.45, 7) is 6.41. The van der Waals surface area contributed by atoms with Crippen LogP contribution in [0.4, 0.5) is 4.79 Å². The summed E-state index contributed by atoms with van der Waals surface area (Å²) in [5.41, 5.74) is 2.32. The van der Waals surface area contributed by atoms with Crippen LogP contribution in [0.2, 0.25) is 0 Å². The predicted octanol–water partition coefficient (Wildman–Crippen LogP) is 1.83. The molecular formula is C17H26N6O. The topological polar surface area (TPSA) is 75.1 Å². The van der Waals surface area contributed by atoms with Crippen LogP contribution in [-0.2, 0) is 20.1 Å². The fourth-order valence-electron chi connectivity index (χ4n) is 2.44. The third kappa shape index (κ3) is 5.06. The second kappa shape index (κ2) is 8.44. The summed E-state index contributed by atoms with van der Waals surface area (Å²) in [6.07, 6.45) is 1.62. The molecule has 1 aromatic heterocycles. The summed E-state index contributed by atoms with van der Waals surface area (Å²) in [7, 11) is 3.94. The van der Waals surface area contributed by atoms with Gasteiger partial charge in [-0.05, 0) is 31.6 Å². The van der Waals surface area contributed by atoms with E-state index in [-0.39, 0.29) is 12.1 Å². The Labute approximate surface area is 143 Å². The average molecular weight is 330 g/mol. The molecular weight excluding hydrogens is 304 g/mol. The number of nitrogens with zero attached hydrogens (tertiary/aromatic N) is 4. The molecule has 0 aliphatic heterocycles. The standard InChI is InChI=1S/C17H26N6O/c1-5-22(3)11-15-8-6-7-14(9-15)10-18-17(24)20-13(2)16-21-19-12-23(16)4/h6-9,12-13H,5,10-11H2,1-4H3,(H2,18,20,24)/t13-/m1/s1. The quantitative estimate of drug-likeness (QED) is 0.812. The minimum atomic E-state index is -0.221. The zero-order chi connectivity index (χ0) is 17.5. The molecule has 0 bridgehead atoms. The summed E-state index contributed by atoms with van der Waals surface area (Å²) >= 11 is 0. The van der Waals surface area contributed by atoms with Gasteiger partial charge in [0.2, 0.25) is 0 Å². The second-order valence-corrected chi connectivity index (χ2v) is 6.00. The fourth-order valence-corrected chi connectivity index (χ4v) is 2.44.